The number of hydrogen-bond acceptors (Lipinski definition) is 6. The van der Waals surface area contributed by atoms with Crippen molar-refractivity contribution in [1.82, 2.24) is 10.2 Å². The zero-order valence-corrected chi connectivity index (χ0v) is 17.4. The molecule has 0 radical (unpaired) electrons. The summed E-state index contributed by atoms with van der Waals surface area (Å²) in [5.74, 6) is 0.645. The summed E-state index contributed by atoms with van der Waals surface area (Å²) >= 11 is 6.24. The van der Waals surface area contributed by atoms with Crippen LogP contribution in [0.1, 0.15) is 5.56 Å². The van der Waals surface area contributed by atoms with Crippen LogP contribution in [0.3, 0.4) is 0 Å². The van der Waals surface area contributed by atoms with Gasteiger partial charge in [0.1, 0.15) is 17.2 Å². The summed E-state index contributed by atoms with van der Waals surface area (Å²) in [5.41, 5.74) is 1.23. The van der Waals surface area contributed by atoms with E-state index in [1.807, 2.05) is 0 Å². The second-order valence-corrected chi connectivity index (χ2v) is 8.14. The molecule has 2 N–H and O–H groups in total. The molecule has 0 spiro atoms. The molecule has 0 aliphatic heterocycles. The average Bonchev–Trinajstić information content (AvgIpc) is 2.70. The van der Waals surface area contributed by atoms with E-state index in [9.17, 15) is 13.2 Å². The fourth-order valence-corrected chi connectivity index (χ4v) is 4.35. The largest absolute Gasteiger partial charge is 0.497 e. The van der Waals surface area contributed by atoms with Crippen molar-refractivity contribution in [1.29, 1.82) is 0 Å². The highest BCUT2D eigenvalue weighted by Gasteiger charge is 2.22. The SMILES string of the molecule is COc1cc(Cl)c(NS(=O)(=O)c2cc(-c3ccc(=O)[nH]n3)ccc2C)c(OC)c1. The van der Waals surface area contributed by atoms with Crippen LogP contribution in [0.5, 0.6) is 11.5 Å². The Morgan fingerprint density at radius 2 is 1.83 bits per heavy atom. The Labute approximate surface area is 172 Å². The van der Waals surface area contributed by atoms with Crippen LogP contribution in [0.15, 0.2) is 52.2 Å². The molecule has 2 aromatic carbocycles. The minimum Gasteiger partial charge on any atom is -0.497 e. The predicted molar refractivity (Wildman–Crippen MR) is 110 cm³/mol. The van der Waals surface area contributed by atoms with E-state index in [2.05, 4.69) is 14.9 Å². The van der Waals surface area contributed by atoms with E-state index in [0.29, 0.717) is 22.6 Å². The molecule has 1 heterocycles. The van der Waals surface area contributed by atoms with Crippen molar-refractivity contribution in [2.24, 2.45) is 0 Å². The normalized spacial score (nSPS) is 11.2. The molecule has 0 aliphatic carbocycles. The van der Waals surface area contributed by atoms with E-state index in [-0.39, 0.29) is 26.9 Å². The summed E-state index contributed by atoms with van der Waals surface area (Å²) in [6.45, 7) is 1.67. The van der Waals surface area contributed by atoms with Gasteiger partial charge in [0.2, 0.25) is 0 Å². The first-order valence-electron chi connectivity index (χ1n) is 8.36. The number of aromatic amines is 1. The van der Waals surface area contributed by atoms with Gasteiger partial charge < -0.3 is 9.47 Å². The Bertz CT molecular complexity index is 1200. The first-order valence-corrected chi connectivity index (χ1v) is 10.2. The highest BCUT2D eigenvalue weighted by Crippen LogP contribution is 2.38. The van der Waals surface area contributed by atoms with Gasteiger partial charge in [-0.25, -0.2) is 13.5 Å². The Hall–Kier alpha value is -3.04. The molecule has 3 aromatic rings. The number of benzene rings is 2. The lowest BCUT2D eigenvalue weighted by Gasteiger charge is -2.16. The highest BCUT2D eigenvalue weighted by atomic mass is 35.5. The van der Waals surface area contributed by atoms with Crippen LogP contribution in [0, 0.1) is 6.92 Å². The fourth-order valence-electron chi connectivity index (χ4n) is 2.68. The number of ether oxygens (including phenoxy) is 2. The van der Waals surface area contributed by atoms with Crippen molar-refractivity contribution in [3.63, 3.8) is 0 Å². The second-order valence-electron chi connectivity index (χ2n) is 6.08. The molecule has 0 fully saturated rings. The number of H-pyrrole nitrogens is 1. The van der Waals surface area contributed by atoms with Crippen LogP contribution in [0.2, 0.25) is 5.02 Å². The van der Waals surface area contributed by atoms with E-state index >= 15 is 0 Å². The molecular weight excluding hydrogens is 418 g/mol. The Balaban J connectivity index is 2.05. The molecule has 10 heteroatoms. The molecule has 0 saturated carbocycles. The molecule has 8 nitrogen and oxygen atoms in total. The molecule has 29 heavy (non-hydrogen) atoms. The maximum atomic E-state index is 13.1. The van der Waals surface area contributed by atoms with Crippen molar-refractivity contribution < 1.29 is 17.9 Å². The van der Waals surface area contributed by atoms with Gasteiger partial charge >= 0.3 is 0 Å². The lowest BCUT2D eigenvalue weighted by atomic mass is 10.1. The average molecular weight is 436 g/mol. The van der Waals surface area contributed by atoms with Gasteiger partial charge in [-0.3, -0.25) is 9.52 Å². The monoisotopic (exact) mass is 435 g/mol. The number of rotatable bonds is 6. The molecule has 0 amide bonds. The third-order valence-electron chi connectivity index (χ3n) is 4.17. The second kappa shape index (κ2) is 8.14. The Morgan fingerprint density at radius 3 is 2.45 bits per heavy atom. The zero-order chi connectivity index (χ0) is 21.2. The van der Waals surface area contributed by atoms with Crippen molar-refractivity contribution >= 4 is 27.3 Å². The van der Waals surface area contributed by atoms with Crippen molar-refractivity contribution in [3.05, 3.63) is 63.4 Å². The van der Waals surface area contributed by atoms with Gasteiger partial charge in [-0.2, -0.15) is 5.10 Å². The minimum atomic E-state index is -4.01. The maximum Gasteiger partial charge on any atom is 0.264 e. The molecule has 0 aliphatic rings. The number of hydrogen-bond donors (Lipinski definition) is 2. The molecule has 152 valence electrons. The predicted octanol–water partition coefficient (Wildman–Crippen LogP) is 3.22. The quantitative estimate of drug-likeness (QED) is 0.615. The van der Waals surface area contributed by atoms with Gasteiger partial charge in [0.25, 0.3) is 15.6 Å². The lowest BCUT2D eigenvalue weighted by molar-refractivity contribution is 0.395. The van der Waals surface area contributed by atoms with Gasteiger partial charge in [0.15, 0.2) is 0 Å². The molecule has 0 saturated heterocycles. The Kier molecular flexibility index (Phi) is 5.81. The summed E-state index contributed by atoms with van der Waals surface area (Å²) in [6, 6.07) is 10.7. The van der Waals surface area contributed by atoms with Crippen LogP contribution in [-0.4, -0.2) is 32.8 Å². The standard InChI is InChI=1S/C19H18ClN3O5S/c1-11-4-5-12(15-6-7-18(24)22-21-15)8-17(11)29(25,26)23-19-14(20)9-13(27-2)10-16(19)28-3/h4-10,23H,1-3H3,(H,22,24). The summed E-state index contributed by atoms with van der Waals surface area (Å²) in [7, 11) is -1.15. The first kappa shape index (κ1) is 20.7. The summed E-state index contributed by atoms with van der Waals surface area (Å²) in [5, 5.41) is 6.39. The number of halogens is 1. The molecule has 0 bridgehead atoms. The van der Waals surface area contributed by atoms with Crippen LogP contribution in [-0.2, 0) is 10.0 Å². The van der Waals surface area contributed by atoms with Gasteiger partial charge in [-0.05, 0) is 24.6 Å². The number of sulfonamides is 1. The smallest absolute Gasteiger partial charge is 0.264 e. The van der Waals surface area contributed by atoms with Gasteiger partial charge in [-0.1, -0.05) is 23.7 Å². The van der Waals surface area contributed by atoms with E-state index in [1.165, 1.54) is 44.6 Å². The van der Waals surface area contributed by atoms with Crippen LogP contribution in [0.25, 0.3) is 11.3 Å². The number of nitrogens with zero attached hydrogens (tertiary/aromatic N) is 1. The van der Waals surface area contributed by atoms with Crippen molar-refractivity contribution in [2.45, 2.75) is 11.8 Å². The molecule has 0 atom stereocenters. The highest BCUT2D eigenvalue weighted by molar-refractivity contribution is 7.92. The number of aryl methyl sites for hydroxylation is 1. The first-order chi connectivity index (χ1) is 13.7. The molecule has 3 rings (SSSR count). The number of methoxy groups -OCH3 is 2. The fraction of sp³-hybridized carbons (Fsp3) is 0.158. The van der Waals surface area contributed by atoms with Gasteiger partial charge in [0, 0.05) is 23.8 Å². The van der Waals surface area contributed by atoms with Crippen molar-refractivity contribution in [2.75, 3.05) is 18.9 Å². The topological polar surface area (TPSA) is 110 Å². The van der Waals surface area contributed by atoms with E-state index in [4.69, 9.17) is 21.1 Å². The third-order valence-corrected chi connectivity index (χ3v) is 5.96. The summed E-state index contributed by atoms with van der Waals surface area (Å²) in [4.78, 5) is 11.3. The van der Waals surface area contributed by atoms with Crippen LogP contribution < -0.4 is 19.8 Å². The summed E-state index contributed by atoms with van der Waals surface area (Å²) in [6.07, 6.45) is 0. The number of anilines is 1. The van der Waals surface area contributed by atoms with E-state index in [0.717, 1.165) is 0 Å². The van der Waals surface area contributed by atoms with Crippen molar-refractivity contribution in [3.8, 4) is 22.8 Å². The third kappa shape index (κ3) is 4.36. The lowest BCUT2D eigenvalue weighted by Crippen LogP contribution is -2.15. The molecule has 0 unspecified atom stereocenters. The minimum absolute atomic E-state index is 0.0388. The number of nitrogens with one attached hydrogen (secondary N) is 2. The zero-order valence-electron chi connectivity index (χ0n) is 15.8. The number of aromatic nitrogens is 2. The van der Waals surface area contributed by atoms with Crippen LogP contribution >= 0.6 is 11.6 Å². The molecule has 1 aromatic heterocycles. The van der Waals surface area contributed by atoms with E-state index in [1.54, 1.807) is 19.1 Å². The van der Waals surface area contributed by atoms with Gasteiger partial charge in [0.05, 0.1) is 29.8 Å². The van der Waals surface area contributed by atoms with Crippen LogP contribution in [0.4, 0.5) is 5.69 Å². The maximum absolute atomic E-state index is 13.1. The molecular formula is C19H18ClN3O5S. The Morgan fingerprint density at radius 1 is 1.07 bits per heavy atom. The summed E-state index contributed by atoms with van der Waals surface area (Å²) < 4.78 is 39.1. The van der Waals surface area contributed by atoms with E-state index < -0.39 is 10.0 Å². The van der Waals surface area contributed by atoms with Gasteiger partial charge in [-0.15, -0.1) is 0 Å².